The number of nitrogens with zero attached hydrogens (tertiary/aromatic N) is 1. The summed E-state index contributed by atoms with van der Waals surface area (Å²) in [5.41, 5.74) is 1.85. The molecule has 0 fully saturated rings. The molecule has 3 aromatic carbocycles. The molecule has 0 saturated heterocycles. The fourth-order valence-electron chi connectivity index (χ4n) is 5.85. The lowest BCUT2D eigenvalue weighted by atomic mass is 9.64. The second-order valence-electron chi connectivity index (χ2n) is 10.4. The predicted octanol–water partition coefficient (Wildman–Crippen LogP) is 7.11. The molecule has 1 aliphatic rings. The number of halogens is 2. The van der Waals surface area contributed by atoms with E-state index >= 15 is 0 Å². The highest BCUT2D eigenvalue weighted by Crippen LogP contribution is 2.57. The number of anilines is 2. The van der Waals surface area contributed by atoms with Gasteiger partial charge in [0.2, 0.25) is 5.91 Å². The maximum absolute atomic E-state index is 13.4. The lowest BCUT2D eigenvalue weighted by Crippen LogP contribution is -2.55. The molecule has 3 aromatic rings. The van der Waals surface area contributed by atoms with E-state index in [9.17, 15) is 9.59 Å². The Kier molecular flexibility index (Phi) is 7.79. The third kappa shape index (κ3) is 5.13. The largest absolute Gasteiger partial charge is 0.497 e. The van der Waals surface area contributed by atoms with Crippen molar-refractivity contribution in [3.05, 3.63) is 75.3 Å². The highest BCUT2D eigenvalue weighted by molar-refractivity contribution is 6.35. The van der Waals surface area contributed by atoms with Gasteiger partial charge in [-0.3, -0.25) is 9.59 Å². The van der Waals surface area contributed by atoms with E-state index in [1.54, 1.807) is 31.1 Å². The molecular weight excluding hydrogens is 539 g/mol. The molecule has 1 aliphatic heterocycles. The molecule has 1 unspecified atom stereocenters. The van der Waals surface area contributed by atoms with Crippen LogP contribution in [0.5, 0.6) is 17.2 Å². The molecule has 0 aromatic heterocycles. The molecule has 9 heteroatoms. The van der Waals surface area contributed by atoms with Gasteiger partial charge in [0.1, 0.15) is 17.2 Å². The number of benzene rings is 3. The molecule has 0 radical (unpaired) electrons. The van der Waals surface area contributed by atoms with E-state index in [0.717, 1.165) is 16.9 Å². The summed E-state index contributed by atoms with van der Waals surface area (Å²) in [7, 11) is 4.66. The number of hydrogen-bond acceptors (Lipinski definition) is 5. The predicted molar refractivity (Wildman–Crippen MR) is 155 cm³/mol. The van der Waals surface area contributed by atoms with Gasteiger partial charge in [0, 0.05) is 45.1 Å². The minimum absolute atomic E-state index is 0.118. The van der Waals surface area contributed by atoms with E-state index < -0.39 is 16.9 Å². The normalized spacial score (nSPS) is 17.7. The minimum Gasteiger partial charge on any atom is -0.497 e. The number of hydrogen-bond donors (Lipinski definition) is 1. The molecule has 0 saturated carbocycles. The van der Waals surface area contributed by atoms with Crippen LogP contribution in [0.25, 0.3) is 0 Å². The van der Waals surface area contributed by atoms with E-state index in [0.29, 0.717) is 39.3 Å². The van der Waals surface area contributed by atoms with Crippen LogP contribution in [0.2, 0.25) is 10.0 Å². The van der Waals surface area contributed by atoms with Crippen molar-refractivity contribution >= 4 is 46.4 Å². The Labute approximate surface area is 238 Å². The van der Waals surface area contributed by atoms with Crippen molar-refractivity contribution in [2.24, 2.45) is 0 Å². The summed E-state index contributed by atoms with van der Waals surface area (Å²) in [6, 6.07) is 14.2. The molecule has 206 valence electrons. The first-order valence-corrected chi connectivity index (χ1v) is 13.1. The summed E-state index contributed by atoms with van der Waals surface area (Å²) < 4.78 is 17.1. The number of carbonyl (C=O) groups excluding carboxylic acids is 2. The summed E-state index contributed by atoms with van der Waals surface area (Å²) in [4.78, 5) is 28.2. The Morgan fingerprint density at radius 2 is 1.51 bits per heavy atom. The van der Waals surface area contributed by atoms with Crippen LogP contribution >= 0.6 is 23.2 Å². The first-order chi connectivity index (χ1) is 18.4. The van der Waals surface area contributed by atoms with Crippen LogP contribution in [0.3, 0.4) is 0 Å². The number of rotatable bonds is 6. The maximum atomic E-state index is 13.4. The highest BCUT2D eigenvalue weighted by atomic mass is 35.5. The highest BCUT2D eigenvalue weighted by Gasteiger charge is 2.50. The number of fused-ring (bicyclic) bond motifs is 1. The number of methoxy groups -OCH3 is 3. The molecule has 0 spiro atoms. The van der Waals surface area contributed by atoms with Crippen molar-refractivity contribution in [3.8, 4) is 17.2 Å². The fourth-order valence-corrected chi connectivity index (χ4v) is 6.37. The Bertz CT molecular complexity index is 1420. The molecule has 1 heterocycles. The van der Waals surface area contributed by atoms with Crippen LogP contribution in [-0.2, 0) is 10.2 Å². The van der Waals surface area contributed by atoms with E-state index in [4.69, 9.17) is 37.4 Å². The van der Waals surface area contributed by atoms with Gasteiger partial charge < -0.3 is 24.4 Å². The second-order valence-corrected chi connectivity index (χ2v) is 11.3. The zero-order chi connectivity index (χ0) is 28.7. The molecule has 7 nitrogen and oxygen atoms in total. The average molecular weight is 572 g/mol. The number of nitrogens with one attached hydrogen (secondary N) is 1. The van der Waals surface area contributed by atoms with Gasteiger partial charge in [0.15, 0.2) is 5.75 Å². The van der Waals surface area contributed by atoms with Gasteiger partial charge in [-0.05, 0) is 56.2 Å². The van der Waals surface area contributed by atoms with Crippen LogP contribution in [0.4, 0.5) is 11.4 Å². The first kappa shape index (κ1) is 28.6. The van der Waals surface area contributed by atoms with Crippen LogP contribution in [0.15, 0.2) is 48.5 Å². The summed E-state index contributed by atoms with van der Waals surface area (Å²) >= 11 is 12.3. The van der Waals surface area contributed by atoms with E-state index in [2.05, 4.69) is 12.2 Å². The van der Waals surface area contributed by atoms with Crippen molar-refractivity contribution in [1.82, 2.24) is 0 Å². The number of amides is 2. The summed E-state index contributed by atoms with van der Waals surface area (Å²) in [5, 5.41) is 3.62. The lowest BCUT2D eigenvalue weighted by molar-refractivity contribution is -0.117. The van der Waals surface area contributed by atoms with Gasteiger partial charge in [-0.25, -0.2) is 0 Å². The van der Waals surface area contributed by atoms with Crippen molar-refractivity contribution < 1.29 is 23.8 Å². The van der Waals surface area contributed by atoms with Gasteiger partial charge in [-0.1, -0.05) is 42.3 Å². The van der Waals surface area contributed by atoms with Crippen molar-refractivity contribution in [1.29, 1.82) is 0 Å². The average Bonchev–Trinajstić information content (AvgIpc) is 2.87. The summed E-state index contributed by atoms with van der Waals surface area (Å²) in [5.74, 6) is 0.908. The molecule has 4 rings (SSSR count). The molecule has 0 aliphatic carbocycles. The first-order valence-electron chi connectivity index (χ1n) is 12.4. The maximum Gasteiger partial charge on any atom is 0.255 e. The van der Waals surface area contributed by atoms with Crippen LogP contribution in [0, 0.1) is 0 Å². The molecule has 1 N–H and O–H groups in total. The Hall–Kier alpha value is -3.42. The topological polar surface area (TPSA) is 77.1 Å². The van der Waals surface area contributed by atoms with Gasteiger partial charge in [0.05, 0.1) is 27.0 Å². The zero-order valence-electron chi connectivity index (χ0n) is 23.1. The SMILES string of the molecule is COc1ccc(C2(C)CC(C)(C)N(C(C)=O)c3cc(OC)c(NC(=O)c4cc(Cl)cc(Cl)c4)c(OC)c32)cc1. The minimum atomic E-state index is -0.618. The van der Waals surface area contributed by atoms with Crippen molar-refractivity contribution in [3.63, 3.8) is 0 Å². The summed E-state index contributed by atoms with van der Waals surface area (Å²) in [6.45, 7) is 7.73. The summed E-state index contributed by atoms with van der Waals surface area (Å²) in [6.07, 6.45) is 0.582. The standard InChI is InChI=1S/C30H32Cl2N2O5/c1-17(35)34-23-15-24(38-6)26(33-28(36)18-12-20(31)14-21(32)13-18)27(39-7)25(23)30(4,16-29(34,2)3)19-8-10-22(37-5)11-9-19/h8-15H,16H2,1-7H3,(H,33,36). The Morgan fingerprint density at radius 3 is 2.03 bits per heavy atom. The van der Waals surface area contributed by atoms with Crippen LogP contribution in [-0.4, -0.2) is 38.7 Å². The van der Waals surface area contributed by atoms with Crippen LogP contribution < -0.4 is 24.4 Å². The van der Waals surface area contributed by atoms with Crippen molar-refractivity contribution in [2.45, 2.75) is 45.1 Å². The van der Waals surface area contributed by atoms with Gasteiger partial charge >= 0.3 is 0 Å². The molecular formula is C30H32Cl2N2O5. The van der Waals surface area contributed by atoms with Gasteiger partial charge in [0.25, 0.3) is 5.91 Å². The smallest absolute Gasteiger partial charge is 0.255 e. The third-order valence-electron chi connectivity index (χ3n) is 7.24. The lowest BCUT2D eigenvalue weighted by Gasteiger charge is -2.51. The second kappa shape index (κ2) is 10.6. The van der Waals surface area contributed by atoms with E-state index in [-0.39, 0.29) is 11.5 Å². The van der Waals surface area contributed by atoms with Crippen molar-refractivity contribution in [2.75, 3.05) is 31.5 Å². The molecule has 2 amide bonds. The fraction of sp³-hybridized carbons (Fsp3) is 0.333. The van der Waals surface area contributed by atoms with Crippen LogP contribution in [0.1, 0.15) is 55.6 Å². The quantitative estimate of drug-likeness (QED) is 0.341. The zero-order valence-corrected chi connectivity index (χ0v) is 24.6. The van der Waals surface area contributed by atoms with Gasteiger partial charge in [-0.2, -0.15) is 0 Å². The molecule has 1 atom stereocenters. The van der Waals surface area contributed by atoms with E-state index in [1.807, 2.05) is 38.1 Å². The molecule has 0 bridgehead atoms. The van der Waals surface area contributed by atoms with E-state index in [1.165, 1.54) is 26.4 Å². The Morgan fingerprint density at radius 1 is 0.897 bits per heavy atom. The monoisotopic (exact) mass is 570 g/mol. The number of ether oxygens (including phenoxy) is 3. The molecule has 39 heavy (non-hydrogen) atoms. The number of carbonyl (C=O) groups is 2. The third-order valence-corrected chi connectivity index (χ3v) is 7.67. The Balaban J connectivity index is 2.00. The van der Waals surface area contributed by atoms with Gasteiger partial charge in [-0.15, -0.1) is 0 Å².